The van der Waals surface area contributed by atoms with E-state index >= 15 is 0 Å². The van der Waals surface area contributed by atoms with Crippen molar-refractivity contribution < 1.29 is 9.47 Å². The van der Waals surface area contributed by atoms with Crippen molar-refractivity contribution in [1.82, 2.24) is 24.6 Å². The standard InChI is InChI=1S/C25H28N6O2/c1-16-9-21(22(13-26-16)33-15-25(4)6-8-32-14-25)19-5-7-31-20(11-19)12-24(30-31)29-23-10-17(2)27-18(3)28-23/h5,7,9-13H,6,8,14-15H2,1-4H3,(H,27,28,29,30). The van der Waals surface area contributed by atoms with E-state index in [0.29, 0.717) is 6.61 Å². The molecule has 4 aromatic rings. The molecule has 1 atom stereocenters. The molecule has 0 saturated carbocycles. The number of fused-ring (bicyclic) bond motifs is 1. The third-order valence-electron chi connectivity index (χ3n) is 5.88. The van der Waals surface area contributed by atoms with E-state index in [1.807, 2.05) is 55.9 Å². The molecular weight excluding hydrogens is 416 g/mol. The van der Waals surface area contributed by atoms with Crippen molar-refractivity contribution in [2.24, 2.45) is 5.41 Å². The van der Waals surface area contributed by atoms with Gasteiger partial charge in [0.2, 0.25) is 0 Å². The second-order valence-corrected chi connectivity index (χ2v) is 9.10. The zero-order valence-corrected chi connectivity index (χ0v) is 19.4. The topological polar surface area (TPSA) is 86.5 Å². The summed E-state index contributed by atoms with van der Waals surface area (Å²) in [7, 11) is 0. The van der Waals surface area contributed by atoms with Crippen LogP contribution in [0.2, 0.25) is 0 Å². The lowest BCUT2D eigenvalue weighted by atomic mass is 9.91. The lowest BCUT2D eigenvalue weighted by Gasteiger charge is -2.23. The van der Waals surface area contributed by atoms with E-state index in [-0.39, 0.29) is 5.41 Å². The zero-order chi connectivity index (χ0) is 23.0. The second-order valence-electron chi connectivity index (χ2n) is 9.10. The maximum absolute atomic E-state index is 6.26. The van der Waals surface area contributed by atoms with Gasteiger partial charge in [-0.15, -0.1) is 0 Å². The van der Waals surface area contributed by atoms with Crippen molar-refractivity contribution in [3.05, 3.63) is 59.9 Å². The van der Waals surface area contributed by atoms with Gasteiger partial charge in [-0.05, 0) is 51.0 Å². The van der Waals surface area contributed by atoms with Crippen LogP contribution in [0.4, 0.5) is 11.6 Å². The Bertz CT molecular complexity index is 1290. The molecule has 1 saturated heterocycles. The fourth-order valence-corrected chi connectivity index (χ4v) is 4.10. The van der Waals surface area contributed by atoms with Gasteiger partial charge >= 0.3 is 0 Å². The summed E-state index contributed by atoms with van der Waals surface area (Å²) < 4.78 is 13.7. The van der Waals surface area contributed by atoms with E-state index in [9.17, 15) is 0 Å². The Labute approximate surface area is 193 Å². The summed E-state index contributed by atoms with van der Waals surface area (Å²) in [4.78, 5) is 13.2. The summed E-state index contributed by atoms with van der Waals surface area (Å²) in [6.45, 7) is 10.1. The van der Waals surface area contributed by atoms with Gasteiger partial charge < -0.3 is 14.8 Å². The molecule has 33 heavy (non-hydrogen) atoms. The highest BCUT2D eigenvalue weighted by Crippen LogP contribution is 2.34. The molecule has 0 radical (unpaired) electrons. The van der Waals surface area contributed by atoms with Gasteiger partial charge in [-0.3, -0.25) is 4.98 Å². The number of aromatic nitrogens is 5. The summed E-state index contributed by atoms with van der Waals surface area (Å²) in [6, 6.07) is 10.1. The van der Waals surface area contributed by atoms with Gasteiger partial charge in [0.1, 0.15) is 17.4 Å². The van der Waals surface area contributed by atoms with Crippen LogP contribution >= 0.6 is 0 Å². The van der Waals surface area contributed by atoms with Gasteiger partial charge in [0, 0.05) is 47.3 Å². The molecule has 1 fully saturated rings. The quantitative estimate of drug-likeness (QED) is 0.463. The summed E-state index contributed by atoms with van der Waals surface area (Å²) in [5, 5.41) is 7.91. The summed E-state index contributed by atoms with van der Waals surface area (Å²) in [5.74, 6) is 2.96. The van der Waals surface area contributed by atoms with Crippen LogP contribution in [0.3, 0.4) is 0 Å². The van der Waals surface area contributed by atoms with Gasteiger partial charge in [0.05, 0.1) is 24.9 Å². The molecule has 1 aliphatic rings. The first kappa shape index (κ1) is 21.3. The Kier molecular flexibility index (Phi) is 5.46. The Hall–Kier alpha value is -3.52. The number of aryl methyl sites for hydroxylation is 3. The number of ether oxygens (including phenoxy) is 2. The zero-order valence-electron chi connectivity index (χ0n) is 19.4. The molecule has 5 heterocycles. The van der Waals surface area contributed by atoms with Gasteiger partial charge in [-0.25, -0.2) is 14.5 Å². The number of nitrogens with one attached hydrogen (secondary N) is 1. The molecule has 4 aromatic heterocycles. The molecule has 8 nitrogen and oxygen atoms in total. The smallest absolute Gasteiger partial charge is 0.154 e. The summed E-state index contributed by atoms with van der Waals surface area (Å²) in [6.07, 6.45) is 4.78. The Morgan fingerprint density at radius 3 is 2.76 bits per heavy atom. The van der Waals surface area contributed by atoms with E-state index in [2.05, 4.69) is 44.4 Å². The molecular formula is C25H28N6O2. The van der Waals surface area contributed by atoms with Crippen molar-refractivity contribution in [3.63, 3.8) is 0 Å². The Morgan fingerprint density at radius 2 is 1.97 bits per heavy atom. The van der Waals surface area contributed by atoms with E-state index in [0.717, 1.165) is 70.9 Å². The fraction of sp³-hybridized carbons (Fsp3) is 0.360. The van der Waals surface area contributed by atoms with Crippen LogP contribution in [-0.4, -0.2) is 44.4 Å². The molecule has 1 unspecified atom stereocenters. The molecule has 0 aromatic carbocycles. The minimum atomic E-state index is 0.0375. The van der Waals surface area contributed by atoms with Crippen LogP contribution in [0.5, 0.6) is 5.75 Å². The molecule has 170 valence electrons. The molecule has 0 aliphatic carbocycles. The first-order chi connectivity index (χ1) is 15.9. The van der Waals surface area contributed by atoms with E-state index < -0.39 is 0 Å². The van der Waals surface area contributed by atoms with Crippen LogP contribution in [0.25, 0.3) is 16.6 Å². The summed E-state index contributed by atoms with van der Waals surface area (Å²) in [5.41, 5.74) is 4.93. The van der Waals surface area contributed by atoms with Gasteiger partial charge in [-0.2, -0.15) is 5.10 Å². The predicted molar refractivity (Wildman–Crippen MR) is 127 cm³/mol. The minimum Gasteiger partial charge on any atom is -0.491 e. The highest BCUT2D eigenvalue weighted by molar-refractivity contribution is 5.75. The molecule has 1 aliphatic heterocycles. The number of hydrogen-bond donors (Lipinski definition) is 1. The predicted octanol–water partition coefficient (Wildman–Crippen LogP) is 4.66. The normalized spacial score (nSPS) is 18.1. The van der Waals surface area contributed by atoms with Crippen LogP contribution in [-0.2, 0) is 4.74 Å². The third kappa shape index (κ3) is 4.66. The highest BCUT2D eigenvalue weighted by atomic mass is 16.5. The minimum absolute atomic E-state index is 0.0375. The van der Waals surface area contributed by atoms with Crippen molar-refractivity contribution >= 4 is 17.2 Å². The molecule has 0 spiro atoms. The van der Waals surface area contributed by atoms with Crippen LogP contribution < -0.4 is 10.1 Å². The van der Waals surface area contributed by atoms with Crippen molar-refractivity contribution in [2.45, 2.75) is 34.1 Å². The van der Waals surface area contributed by atoms with Crippen molar-refractivity contribution in [2.75, 3.05) is 25.1 Å². The SMILES string of the molecule is Cc1cc(-c2ccn3nc(Nc4cc(C)nc(C)n4)cc3c2)c(OCC2(C)CCOC2)cn1. The first-order valence-electron chi connectivity index (χ1n) is 11.1. The van der Waals surface area contributed by atoms with Gasteiger partial charge in [0.15, 0.2) is 5.82 Å². The van der Waals surface area contributed by atoms with Crippen LogP contribution in [0.15, 0.2) is 42.7 Å². The largest absolute Gasteiger partial charge is 0.491 e. The average molecular weight is 445 g/mol. The molecule has 0 amide bonds. The lowest BCUT2D eigenvalue weighted by molar-refractivity contribution is 0.118. The maximum Gasteiger partial charge on any atom is 0.154 e. The fourth-order valence-electron chi connectivity index (χ4n) is 4.10. The number of hydrogen-bond acceptors (Lipinski definition) is 7. The number of rotatable bonds is 6. The lowest BCUT2D eigenvalue weighted by Crippen LogP contribution is -2.25. The van der Waals surface area contributed by atoms with E-state index in [4.69, 9.17) is 9.47 Å². The number of pyridine rings is 2. The molecule has 5 rings (SSSR count). The second kappa shape index (κ2) is 8.44. The van der Waals surface area contributed by atoms with Crippen molar-refractivity contribution in [3.8, 4) is 16.9 Å². The first-order valence-corrected chi connectivity index (χ1v) is 11.1. The van der Waals surface area contributed by atoms with Crippen molar-refractivity contribution in [1.29, 1.82) is 0 Å². The maximum atomic E-state index is 6.26. The highest BCUT2D eigenvalue weighted by Gasteiger charge is 2.31. The third-order valence-corrected chi connectivity index (χ3v) is 5.88. The van der Waals surface area contributed by atoms with Crippen LogP contribution in [0.1, 0.15) is 30.6 Å². The molecule has 8 heteroatoms. The van der Waals surface area contributed by atoms with Gasteiger partial charge in [0.25, 0.3) is 0 Å². The number of nitrogens with zero attached hydrogens (tertiary/aromatic N) is 5. The molecule has 0 bridgehead atoms. The Morgan fingerprint density at radius 1 is 1.09 bits per heavy atom. The van der Waals surface area contributed by atoms with Gasteiger partial charge in [-0.1, -0.05) is 6.92 Å². The van der Waals surface area contributed by atoms with E-state index in [1.165, 1.54) is 0 Å². The Balaban J connectivity index is 1.43. The molecule has 1 N–H and O–H groups in total. The number of anilines is 2. The van der Waals surface area contributed by atoms with Crippen LogP contribution in [0, 0.1) is 26.2 Å². The summed E-state index contributed by atoms with van der Waals surface area (Å²) >= 11 is 0. The average Bonchev–Trinajstić information content (AvgIpc) is 3.37. The monoisotopic (exact) mass is 444 g/mol. The van der Waals surface area contributed by atoms with E-state index in [1.54, 1.807) is 0 Å².